The van der Waals surface area contributed by atoms with Crippen LogP contribution in [0.15, 0.2) is 60.8 Å². The molecular formula is C21H26N2O4. The van der Waals surface area contributed by atoms with E-state index in [-0.39, 0.29) is 0 Å². The molecule has 0 atom stereocenters. The van der Waals surface area contributed by atoms with Gasteiger partial charge in [-0.05, 0) is 56.0 Å². The van der Waals surface area contributed by atoms with Crippen LogP contribution < -0.4 is 0 Å². The molecule has 0 radical (unpaired) electrons. The Morgan fingerprint density at radius 3 is 2.15 bits per heavy atom. The first-order chi connectivity index (χ1) is 13.0. The van der Waals surface area contributed by atoms with Crippen molar-refractivity contribution in [3.8, 4) is 0 Å². The summed E-state index contributed by atoms with van der Waals surface area (Å²) in [6.45, 7) is 3.54. The number of hydrogen-bond donors (Lipinski definition) is 3. The molecule has 0 bridgehead atoms. The summed E-state index contributed by atoms with van der Waals surface area (Å²) in [5, 5.41) is 15.6. The molecule has 144 valence electrons. The fraction of sp³-hybridized carbons (Fsp3) is 0.333. The molecule has 3 N–H and O–H groups in total. The number of benzene rings is 1. The van der Waals surface area contributed by atoms with Crippen molar-refractivity contribution in [2.45, 2.75) is 25.8 Å². The first kappa shape index (κ1) is 20.5. The van der Waals surface area contributed by atoms with Crippen LogP contribution in [0.25, 0.3) is 0 Å². The van der Waals surface area contributed by atoms with Crippen molar-refractivity contribution in [2.75, 3.05) is 13.1 Å². The highest BCUT2D eigenvalue weighted by Crippen LogP contribution is 2.22. The van der Waals surface area contributed by atoms with Gasteiger partial charge >= 0.3 is 11.9 Å². The summed E-state index contributed by atoms with van der Waals surface area (Å²) in [5.74, 6) is -1.65. The SMILES string of the molecule is O=C(O)/C=C\C(=O)O.c1ccc(CC2CCN(Cc3ccc[nH]3)CC2)cc1. The number of aliphatic carboxylic acids is 2. The van der Waals surface area contributed by atoms with Gasteiger partial charge in [0.25, 0.3) is 0 Å². The molecule has 1 aromatic heterocycles. The minimum absolute atomic E-state index is 0.558. The number of likely N-dealkylation sites (tertiary alicyclic amines) is 1. The zero-order valence-corrected chi connectivity index (χ0v) is 15.3. The summed E-state index contributed by atoms with van der Waals surface area (Å²) in [6, 6.07) is 15.2. The second-order valence-corrected chi connectivity index (χ2v) is 6.61. The summed E-state index contributed by atoms with van der Waals surface area (Å²) in [6.07, 6.45) is 7.03. The van der Waals surface area contributed by atoms with Crippen molar-refractivity contribution >= 4 is 11.9 Å². The van der Waals surface area contributed by atoms with Gasteiger partial charge in [-0.1, -0.05) is 30.3 Å². The number of carboxylic acid groups (broad SMARTS) is 2. The average Bonchev–Trinajstić information content (AvgIpc) is 3.16. The minimum Gasteiger partial charge on any atom is -0.478 e. The predicted octanol–water partition coefficient (Wildman–Crippen LogP) is 3.18. The largest absolute Gasteiger partial charge is 0.478 e. The molecular weight excluding hydrogens is 344 g/mol. The van der Waals surface area contributed by atoms with Crippen molar-refractivity contribution < 1.29 is 19.8 Å². The summed E-state index contributed by atoms with van der Waals surface area (Å²) in [5.41, 5.74) is 2.83. The zero-order chi connectivity index (χ0) is 19.5. The summed E-state index contributed by atoms with van der Waals surface area (Å²) in [7, 11) is 0. The van der Waals surface area contributed by atoms with E-state index in [2.05, 4.69) is 52.3 Å². The van der Waals surface area contributed by atoms with Gasteiger partial charge in [-0.2, -0.15) is 0 Å². The summed E-state index contributed by atoms with van der Waals surface area (Å²) >= 11 is 0. The van der Waals surface area contributed by atoms with Crippen LogP contribution in [0.1, 0.15) is 24.1 Å². The number of carboxylic acids is 2. The number of rotatable bonds is 6. The molecule has 0 aliphatic carbocycles. The van der Waals surface area contributed by atoms with E-state index in [4.69, 9.17) is 10.2 Å². The number of carbonyl (C=O) groups is 2. The Bertz CT molecular complexity index is 702. The molecule has 6 nitrogen and oxygen atoms in total. The maximum absolute atomic E-state index is 9.55. The first-order valence-corrected chi connectivity index (χ1v) is 9.05. The molecule has 1 saturated heterocycles. The van der Waals surface area contributed by atoms with E-state index in [0.29, 0.717) is 12.2 Å². The third kappa shape index (κ3) is 8.37. The highest BCUT2D eigenvalue weighted by Gasteiger charge is 2.19. The first-order valence-electron chi connectivity index (χ1n) is 9.05. The molecule has 2 aromatic rings. The van der Waals surface area contributed by atoms with Gasteiger partial charge in [0.05, 0.1) is 0 Å². The van der Waals surface area contributed by atoms with Crippen LogP contribution in [0.2, 0.25) is 0 Å². The molecule has 6 heteroatoms. The van der Waals surface area contributed by atoms with Crippen LogP contribution in [0.4, 0.5) is 0 Å². The van der Waals surface area contributed by atoms with Crippen molar-refractivity contribution in [3.63, 3.8) is 0 Å². The van der Waals surface area contributed by atoms with Gasteiger partial charge in [-0.3, -0.25) is 4.90 Å². The lowest BCUT2D eigenvalue weighted by atomic mass is 9.90. The molecule has 1 aromatic carbocycles. The molecule has 3 rings (SSSR count). The lowest BCUT2D eigenvalue weighted by Gasteiger charge is -2.31. The molecule has 27 heavy (non-hydrogen) atoms. The van der Waals surface area contributed by atoms with Gasteiger partial charge in [0, 0.05) is 30.6 Å². The number of H-pyrrole nitrogens is 1. The smallest absolute Gasteiger partial charge is 0.328 e. The Labute approximate surface area is 159 Å². The van der Waals surface area contributed by atoms with Crippen molar-refractivity contribution in [3.05, 3.63) is 72.1 Å². The highest BCUT2D eigenvalue weighted by molar-refractivity contribution is 5.89. The third-order valence-corrected chi connectivity index (χ3v) is 4.50. The van der Waals surface area contributed by atoms with Crippen LogP contribution in [-0.2, 0) is 22.6 Å². The van der Waals surface area contributed by atoms with E-state index in [1.165, 1.54) is 43.6 Å². The number of aromatic nitrogens is 1. The maximum Gasteiger partial charge on any atom is 0.328 e. The Morgan fingerprint density at radius 1 is 1.00 bits per heavy atom. The number of hydrogen-bond acceptors (Lipinski definition) is 3. The van der Waals surface area contributed by atoms with Gasteiger partial charge in [-0.15, -0.1) is 0 Å². The Morgan fingerprint density at radius 2 is 1.63 bits per heavy atom. The summed E-state index contributed by atoms with van der Waals surface area (Å²) < 4.78 is 0. The Kier molecular flexibility index (Phi) is 8.32. The lowest BCUT2D eigenvalue weighted by molar-refractivity contribution is -0.134. The molecule has 1 aliphatic heterocycles. The summed E-state index contributed by atoms with van der Waals surface area (Å²) in [4.78, 5) is 25.0. The molecule has 0 spiro atoms. The van der Waals surface area contributed by atoms with Crippen LogP contribution in [0.5, 0.6) is 0 Å². The van der Waals surface area contributed by atoms with Crippen molar-refractivity contribution in [1.82, 2.24) is 9.88 Å². The number of piperidine rings is 1. The van der Waals surface area contributed by atoms with Crippen LogP contribution in [-0.4, -0.2) is 45.1 Å². The van der Waals surface area contributed by atoms with E-state index in [0.717, 1.165) is 12.5 Å². The molecule has 1 fully saturated rings. The number of nitrogens with zero attached hydrogens (tertiary/aromatic N) is 1. The van der Waals surface area contributed by atoms with Gasteiger partial charge in [0.1, 0.15) is 0 Å². The fourth-order valence-electron chi connectivity index (χ4n) is 3.15. The van der Waals surface area contributed by atoms with Gasteiger partial charge in [0.2, 0.25) is 0 Å². The minimum atomic E-state index is -1.26. The van der Waals surface area contributed by atoms with Gasteiger partial charge < -0.3 is 15.2 Å². The van der Waals surface area contributed by atoms with Crippen molar-refractivity contribution in [1.29, 1.82) is 0 Å². The van der Waals surface area contributed by atoms with Crippen molar-refractivity contribution in [2.24, 2.45) is 5.92 Å². The monoisotopic (exact) mass is 370 g/mol. The maximum atomic E-state index is 9.55. The van der Waals surface area contributed by atoms with E-state index in [9.17, 15) is 9.59 Å². The Balaban J connectivity index is 0.000000279. The second-order valence-electron chi connectivity index (χ2n) is 6.61. The van der Waals surface area contributed by atoms with E-state index >= 15 is 0 Å². The third-order valence-electron chi connectivity index (χ3n) is 4.50. The molecule has 1 aliphatic rings. The standard InChI is InChI=1S/C17H22N2.C4H4O4/c1-2-5-15(6-3-1)13-16-8-11-19(12-9-16)14-17-7-4-10-18-17;5-3(6)1-2-4(7)8/h1-7,10,16,18H,8-9,11-14H2;1-2H,(H,5,6)(H,7,8)/b;2-1-. The van der Waals surface area contributed by atoms with Crippen LogP contribution >= 0.6 is 0 Å². The van der Waals surface area contributed by atoms with Gasteiger partial charge in [-0.25, -0.2) is 9.59 Å². The van der Waals surface area contributed by atoms with Crippen LogP contribution in [0, 0.1) is 5.92 Å². The van der Waals surface area contributed by atoms with E-state index < -0.39 is 11.9 Å². The number of nitrogens with one attached hydrogen (secondary N) is 1. The normalized spacial score (nSPS) is 15.3. The highest BCUT2D eigenvalue weighted by atomic mass is 16.4. The molecule has 2 heterocycles. The van der Waals surface area contributed by atoms with E-state index in [1.807, 2.05) is 6.20 Å². The van der Waals surface area contributed by atoms with Crippen LogP contribution in [0.3, 0.4) is 0 Å². The fourth-order valence-corrected chi connectivity index (χ4v) is 3.15. The average molecular weight is 370 g/mol. The topological polar surface area (TPSA) is 93.6 Å². The Hall–Kier alpha value is -2.86. The molecule has 0 amide bonds. The zero-order valence-electron chi connectivity index (χ0n) is 15.3. The molecule has 0 unspecified atom stereocenters. The number of aromatic amines is 1. The quantitative estimate of drug-likeness (QED) is 0.679. The van der Waals surface area contributed by atoms with Gasteiger partial charge in [0.15, 0.2) is 0 Å². The predicted molar refractivity (Wildman–Crippen MR) is 103 cm³/mol. The van der Waals surface area contributed by atoms with E-state index in [1.54, 1.807) is 0 Å². The molecule has 0 saturated carbocycles. The second kappa shape index (κ2) is 11.0. The lowest BCUT2D eigenvalue weighted by Crippen LogP contribution is -2.33.